The Labute approximate surface area is 115 Å². The molecule has 1 aromatic heterocycles. The van der Waals surface area contributed by atoms with Crippen LogP contribution in [-0.2, 0) is 13.0 Å². The third-order valence-electron chi connectivity index (χ3n) is 3.73. The molecule has 1 aliphatic heterocycles. The zero-order valence-electron chi connectivity index (χ0n) is 11.6. The maximum atomic E-state index is 6.32. The number of hydrogen-bond donors (Lipinski definition) is 1. The molecule has 1 unspecified atom stereocenters. The van der Waals surface area contributed by atoms with E-state index < -0.39 is 0 Å². The quantitative estimate of drug-likeness (QED) is 0.892. The number of aromatic nitrogens is 2. The number of thioether (sulfide) groups is 1. The smallest absolute Gasteiger partial charge is 0.0596 e. The molecule has 1 fully saturated rings. The lowest BCUT2D eigenvalue weighted by Gasteiger charge is -2.24. The summed E-state index contributed by atoms with van der Waals surface area (Å²) in [6.45, 7) is 5.13. The van der Waals surface area contributed by atoms with E-state index in [-0.39, 0.29) is 0 Å². The average molecular weight is 267 g/mol. The highest BCUT2D eigenvalue weighted by Gasteiger charge is 2.18. The molecular weight excluding hydrogens is 242 g/mol. The van der Waals surface area contributed by atoms with Crippen molar-refractivity contribution in [2.75, 3.05) is 11.5 Å². The maximum Gasteiger partial charge on any atom is 0.0596 e. The second-order valence-corrected chi connectivity index (χ2v) is 6.57. The summed E-state index contributed by atoms with van der Waals surface area (Å²) in [5, 5.41) is 4.49. The van der Waals surface area contributed by atoms with Gasteiger partial charge in [-0.25, -0.2) is 0 Å². The Kier molecular flexibility index (Phi) is 5.13. The van der Waals surface area contributed by atoms with Gasteiger partial charge in [0.1, 0.15) is 0 Å². The molecule has 0 aliphatic carbocycles. The van der Waals surface area contributed by atoms with E-state index in [1.165, 1.54) is 36.5 Å². The minimum atomic E-state index is 0.291. The van der Waals surface area contributed by atoms with E-state index in [0.29, 0.717) is 6.04 Å². The van der Waals surface area contributed by atoms with Crippen LogP contribution in [0.2, 0.25) is 0 Å². The standard InChI is InChI=1S/C14H25N3S/c1-3-17-14(8-11(2)16-17)10-13(15)9-12-4-6-18-7-5-12/h8,12-13H,3-7,9-10,15H2,1-2H3. The molecule has 0 amide bonds. The lowest BCUT2D eigenvalue weighted by molar-refractivity contribution is 0.401. The Bertz CT molecular complexity index is 369. The van der Waals surface area contributed by atoms with Crippen molar-refractivity contribution in [1.82, 2.24) is 9.78 Å². The van der Waals surface area contributed by atoms with E-state index in [1.54, 1.807) is 0 Å². The Morgan fingerprint density at radius 3 is 2.89 bits per heavy atom. The molecule has 2 heterocycles. The number of rotatable bonds is 5. The summed E-state index contributed by atoms with van der Waals surface area (Å²) in [7, 11) is 0. The highest BCUT2D eigenvalue weighted by Crippen LogP contribution is 2.26. The molecule has 1 saturated heterocycles. The molecule has 0 bridgehead atoms. The number of aryl methyl sites for hydroxylation is 2. The van der Waals surface area contributed by atoms with Gasteiger partial charge in [0.25, 0.3) is 0 Å². The van der Waals surface area contributed by atoms with E-state index in [1.807, 2.05) is 0 Å². The number of nitrogens with two attached hydrogens (primary N) is 1. The Morgan fingerprint density at radius 1 is 1.50 bits per heavy atom. The van der Waals surface area contributed by atoms with E-state index in [0.717, 1.165) is 24.6 Å². The minimum absolute atomic E-state index is 0.291. The van der Waals surface area contributed by atoms with Crippen molar-refractivity contribution in [3.05, 3.63) is 17.5 Å². The molecule has 0 spiro atoms. The fourth-order valence-electron chi connectivity index (χ4n) is 2.80. The van der Waals surface area contributed by atoms with Crippen LogP contribution in [-0.4, -0.2) is 27.3 Å². The van der Waals surface area contributed by atoms with Gasteiger partial charge in [-0.3, -0.25) is 4.68 Å². The third kappa shape index (κ3) is 3.75. The summed E-state index contributed by atoms with van der Waals surface area (Å²) in [4.78, 5) is 0. The first-order valence-corrected chi connectivity index (χ1v) is 8.21. The van der Waals surface area contributed by atoms with Gasteiger partial charge in [0.05, 0.1) is 5.69 Å². The van der Waals surface area contributed by atoms with Crippen LogP contribution in [0.5, 0.6) is 0 Å². The molecule has 0 radical (unpaired) electrons. The second kappa shape index (κ2) is 6.62. The monoisotopic (exact) mass is 267 g/mol. The number of hydrogen-bond acceptors (Lipinski definition) is 3. The van der Waals surface area contributed by atoms with E-state index in [2.05, 4.69) is 41.5 Å². The van der Waals surface area contributed by atoms with Crippen LogP contribution in [0.4, 0.5) is 0 Å². The SMILES string of the molecule is CCn1nc(C)cc1CC(N)CC1CCSCC1. The van der Waals surface area contributed by atoms with Crippen LogP contribution in [0.15, 0.2) is 6.07 Å². The first-order valence-electron chi connectivity index (χ1n) is 7.05. The molecule has 2 N–H and O–H groups in total. The molecule has 18 heavy (non-hydrogen) atoms. The molecule has 3 nitrogen and oxygen atoms in total. The molecule has 1 atom stereocenters. The zero-order chi connectivity index (χ0) is 13.0. The van der Waals surface area contributed by atoms with Gasteiger partial charge in [-0.15, -0.1) is 0 Å². The Hall–Kier alpha value is -0.480. The van der Waals surface area contributed by atoms with Crippen molar-refractivity contribution in [3.63, 3.8) is 0 Å². The first-order chi connectivity index (χ1) is 8.69. The summed E-state index contributed by atoms with van der Waals surface area (Å²) >= 11 is 2.08. The Morgan fingerprint density at radius 2 is 2.22 bits per heavy atom. The molecule has 0 saturated carbocycles. The second-order valence-electron chi connectivity index (χ2n) is 5.35. The zero-order valence-corrected chi connectivity index (χ0v) is 12.4. The van der Waals surface area contributed by atoms with Gasteiger partial charge in [-0.1, -0.05) is 0 Å². The van der Waals surface area contributed by atoms with Gasteiger partial charge < -0.3 is 5.73 Å². The van der Waals surface area contributed by atoms with Gasteiger partial charge >= 0.3 is 0 Å². The lowest BCUT2D eigenvalue weighted by atomic mass is 9.92. The Balaban J connectivity index is 1.87. The maximum absolute atomic E-state index is 6.32. The van der Waals surface area contributed by atoms with Gasteiger partial charge in [-0.2, -0.15) is 16.9 Å². The van der Waals surface area contributed by atoms with Crippen molar-refractivity contribution in [2.24, 2.45) is 11.7 Å². The highest BCUT2D eigenvalue weighted by atomic mass is 32.2. The molecular formula is C14H25N3S. The van der Waals surface area contributed by atoms with Crippen LogP contribution < -0.4 is 5.73 Å². The molecule has 4 heteroatoms. The molecule has 1 aliphatic rings. The first kappa shape index (κ1) is 13.9. The van der Waals surface area contributed by atoms with Crippen molar-refractivity contribution >= 4 is 11.8 Å². The lowest BCUT2D eigenvalue weighted by Crippen LogP contribution is -2.28. The fraction of sp³-hybridized carbons (Fsp3) is 0.786. The summed E-state index contributed by atoms with van der Waals surface area (Å²) in [5.74, 6) is 3.49. The van der Waals surface area contributed by atoms with Crippen LogP contribution in [0.3, 0.4) is 0 Å². The summed E-state index contributed by atoms with van der Waals surface area (Å²) in [6, 6.07) is 2.47. The number of nitrogens with zero attached hydrogens (tertiary/aromatic N) is 2. The normalized spacial score (nSPS) is 19.1. The van der Waals surface area contributed by atoms with Crippen LogP contribution >= 0.6 is 11.8 Å². The molecule has 102 valence electrons. The van der Waals surface area contributed by atoms with Crippen LogP contribution in [0.1, 0.15) is 37.6 Å². The van der Waals surface area contributed by atoms with Crippen LogP contribution in [0, 0.1) is 12.8 Å². The highest BCUT2D eigenvalue weighted by molar-refractivity contribution is 7.99. The van der Waals surface area contributed by atoms with E-state index in [4.69, 9.17) is 5.73 Å². The fourth-order valence-corrected chi connectivity index (χ4v) is 4.00. The average Bonchev–Trinajstić information content (AvgIpc) is 2.70. The third-order valence-corrected chi connectivity index (χ3v) is 4.78. The van der Waals surface area contributed by atoms with Gasteiger partial charge in [-0.05, 0) is 56.6 Å². The summed E-state index contributed by atoms with van der Waals surface area (Å²) < 4.78 is 2.09. The van der Waals surface area contributed by atoms with Crippen molar-refractivity contribution in [3.8, 4) is 0 Å². The molecule has 1 aromatic rings. The van der Waals surface area contributed by atoms with E-state index in [9.17, 15) is 0 Å². The van der Waals surface area contributed by atoms with Crippen molar-refractivity contribution in [1.29, 1.82) is 0 Å². The predicted octanol–water partition coefficient (Wildman–Crippen LogP) is 2.61. The topological polar surface area (TPSA) is 43.8 Å². The summed E-state index contributed by atoms with van der Waals surface area (Å²) in [5.41, 5.74) is 8.73. The largest absolute Gasteiger partial charge is 0.327 e. The molecule has 2 rings (SSSR count). The minimum Gasteiger partial charge on any atom is -0.327 e. The van der Waals surface area contributed by atoms with E-state index >= 15 is 0 Å². The van der Waals surface area contributed by atoms with Crippen LogP contribution in [0.25, 0.3) is 0 Å². The molecule has 0 aromatic carbocycles. The van der Waals surface area contributed by atoms with Gasteiger partial charge in [0.2, 0.25) is 0 Å². The van der Waals surface area contributed by atoms with Crippen molar-refractivity contribution < 1.29 is 0 Å². The van der Waals surface area contributed by atoms with Gasteiger partial charge in [0.15, 0.2) is 0 Å². The van der Waals surface area contributed by atoms with Crippen molar-refractivity contribution in [2.45, 2.75) is 52.1 Å². The van der Waals surface area contributed by atoms with Gasteiger partial charge in [0, 0.05) is 24.7 Å². The summed E-state index contributed by atoms with van der Waals surface area (Å²) in [6.07, 6.45) is 4.85. The predicted molar refractivity (Wildman–Crippen MR) is 79.0 cm³/mol.